The molecule has 1 heterocycles. The molecule has 0 aromatic carbocycles. The Morgan fingerprint density at radius 3 is 2.82 bits per heavy atom. The molecule has 92 valence electrons. The topological polar surface area (TPSA) is 50.2 Å². The number of pyridine rings is 1. The van der Waals surface area contributed by atoms with Crippen LogP contribution >= 0.6 is 0 Å². The predicted octanol–water partition coefficient (Wildman–Crippen LogP) is 2.96. The minimum Gasteiger partial charge on any atom is -0.478 e. The first kappa shape index (κ1) is 12.1. The second-order valence-electron chi connectivity index (χ2n) is 5.43. The fraction of sp³-hybridized carbons (Fsp3) is 0.571. The van der Waals surface area contributed by atoms with Gasteiger partial charge in [-0.25, -0.2) is 4.79 Å². The van der Waals surface area contributed by atoms with Crippen LogP contribution in [-0.2, 0) is 18.3 Å². The van der Waals surface area contributed by atoms with Gasteiger partial charge in [0, 0.05) is 11.1 Å². The lowest BCUT2D eigenvalue weighted by Crippen LogP contribution is -2.16. The standard InChI is InChI=1S/C14H19NO2/c1-4-5-11-10(13(16)17)8-9-6-7-14(2,3)12(9)15-11/h8H,4-7H2,1-3H3,(H,16,17). The van der Waals surface area contributed by atoms with Crippen LogP contribution in [0.5, 0.6) is 0 Å². The number of carboxylic acids is 1. The Morgan fingerprint density at radius 1 is 1.53 bits per heavy atom. The van der Waals surface area contributed by atoms with Gasteiger partial charge >= 0.3 is 5.97 Å². The Bertz CT molecular complexity index is 464. The Hall–Kier alpha value is -1.38. The largest absolute Gasteiger partial charge is 0.478 e. The summed E-state index contributed by atoms with van der Waals surface area (Å²) in [5, 5.41) is 9.21. The average molecular weight is 233 g/mol. The van der Waals surface area contributed by atoms with E-state index in [9.17, 15) is 9.90 Å². The van der Waals surface area contributed by atoms with E-state index in [1.807, 2.05) is 13.0 Å². The molecule has 0 unspecified atom stereocenters. The molecule has 1 N–H and O–H groups in total. The number of rotatable bonds is 3. The molecule has 0 fully saturated rings. The van der Waals surface area contributed by atoms with Gasteiger partial charge in [0.2, 0.25) is 0 Å². The van der Waals surface area contributed by atoms with E-state index in [4.69, 9.17) is 0 Å². The number of aryl methyl sites for hydroxylation is 2. The zero-order valence-electron chi connectivity index (χ0n) is 10.7. The summed E-state index contributed by atoms with van der Waals surface area (Å²) in [6.07, 6.45) is 3.67. The Labute approximate surface area is 102 Å². The number of hydrogen-bond donors (Lipinski definition) is 1. The summed E-state index contributed by atoms with van der Waals surface area (Å²) in [5.74, 6) is -0.853. The van der Waals surface area contributed by atoms with E-state index in [0.29, 0.717) is 5.56 Å². The van der Waals surface area contributed by atoms with Crippen LogP contribution in [0.3, 0.4) is 0 Å². The van der Waals surface area contributed by atoms with Gasteiger partial charge in [-0.3, -0.25) is 4.98 Å². The van der Waals surface area contributed by atoms with Crippen molar-refractivity contribution in [1.82, 2.24) is 4.98 Å². The minimum atomic E-state index is -0.853. The number of aromatic carboxylic acids is 1. The third kappa shape index (κ3) is 2.06. The van der Waals surface area contributed by atoms with Gasteiger partial charge in [0.25, 0.3) is 0 Å². The van der Waals surface area contributed by atoms with Gasteiger partial charge in [-0.05, 0) is 30.9 Å². The van der Waals surface area contributed by atoms with E-state index in [0.717, 1.165) is 42.6 Å². The molecule has 0 aliphatic heterocycles. The van der Waals surface area contributed by atoms with E-state index in [2.05, 4.69) is 18.8 Å². The number of carboxylic acid groups (broad SMARTS) is 1. The van der Waals surface area contributed by atoms with Gasteiger partial charge in [0.15, 0.2) is 0 Å². The van der Waals surface area contributed by atoms with Crippen molar-refractivity contribution >= 4 is 5.97 Å². The molecule has 1 aromatic heterocycles. The first-order chi connectivity index (χ1) is 7.95. The molecule has 0 bridgehead atoms. The lowest BCUT2D eigenvalue weighted by Gasteiger charge is -2.19. The van der Waals surface area contributed by atoms with Crippen molar-refractivity contribution in [3.05, 3.63) is 28.6 Å². The van der Waals surface area contributed by atoms with Gasteiger partial charge in [-0.15, -0.1) is 0 Å². The van der Waals surface area contributed by atoms with Crippen LogP contribution in [0, 0.1) is 0 Å². The average Bonchev–Trinajstić information content (AvgIpc) is 2.54. The van der Waals surface area contributed by atoms with Gasteiger partial charge in [-0.1, -0.05) is 27.2 Å². The van der Waals surface area contributed by atoms with Gasteiger partial charge in [0.1, 0.15) is 0 Å². The molecule has 0 atom stereocenters. The van der Waals surface area contributed by atoms with Crippen LogP contribution in [0.25, 0.3) is 0 Å². The molecular formula is C14H19NO2. The van der Waals surface area contributed by atoms with E-state index < -0.39 is 5.97 Å². The molecule has 1 aliphatic rings. The van der Waals surface area contributed by atoms with E-state index >= 15 is 0 Å². The maximum Gasteiger partial charge on any atom is 0.337 e. The molecular weight excluding hydrogens is 214 g/mol. The lowest BCUT2D eigenvalue weighted by atomic mass is 9.90. The molecule has 3 nitrogen and oxygen atoms in total. The van der Waals surface area contributed by atoms with Crippen LogP contribution < -0.4 is 0 Å². The summed E-state index contributed by atoms with van der Waals surface area (Å²) >= 11 is 0. The van der Waals surface area contributed by atoms with Crippen LogP contribution in [0.2, 0.25) is 0 Å². The van der Waals surface area contributed by atoms with Crippen molar-refractivity contribution in [2.75, 3.05) is 0 Å². The highest BCUT2D eigenvalue weighted by atomic mass is 16.4. The van der Waals surface area contributed by atoms with Gasteiger partial charge < -0.3 is 5.11 Å². The smallest absolute Gasteiger partial charge is 0.337 e. The fourth-order valence-electron chi connectivity index (χ4n) is 2.55. The molecule has 0 saturated carbocycles. The van der Waals surface area contributed by atoms with Crippen LogP contribution in [0.1, 0.15) is 60.9 Å². The summed E-state index contributed by atoms with van der Waals surface area (Å²) in [4.78, 5) is 15.9. The van der Waals surface area contributed by atoms with Crippen molar-refractivity contribution in [3.63, 3.8) is 0 Å². The number of carbonyl (C=O) groups is 1. The second-order valence-corrected chi connectivity index (χ2v) is 5.43. The fourth-order valence-corrected chi connectivity index (χ4v) is 2.55. The lowest BCUT2D eigenvalue weighted by molar-refractivity contribution is 0.0695. The summed E-state index contributed by atoms with van der Waals surface area (Å²) in [6.45, 7) is 6.41. The SMILES string of the molecule is CCCc1nc2c(cc1C(=O)O)CCC2(C)C. The Balaban J connectivity index is 2.55. The highest BCUT2D eigenvalue weighted by Crippen LogP contribution is 2.37. The molecule has 2 rings (SSSR count). The first-order valence-electron chi connectivity index (χ1n) is 6.22. The zero-order valence-corrected chi connectivity index (χ0v) is 10.7. The van der Waals surface area contributed by atoms with Crippen molar-refractivity contribution in [3.8, 4) is 0 Å². The number of hydrogen-bond acceptors (Lipinski definition) is 2. The van der Waals surface area contributed by atoms with Crippen molar-refractivity contribution in [2.24, 2.45) is 0 Å². The van der Waals surface area contributed by atoms with Crippen molar-refractivity contribution < 1.29 is 9.90 Å². The van der Waals surface area contributed by atoms with Gasteiger partial charge in [-0.2, -0.15) is 0 Å². The highest BCUT2D eigenvalue weighted by molar-refractivity contribution is 5.89. The van der Waals surface area contributed by atoms with E-state index in [1.165, 1.54) is 0 Å². The molecule has 17 heavy (non-hydrogen) atoms. The predicted molar refractivity (Wildman–Crippen MR) is 66.5 cm³/mol. The van der Waals surface area contributed by atoms with E-state index in [-0.39, 0.29) is 5.41 Å². The summed E-state index contributed by atoms with van der Waals surface area (Å²) in [6, 6.07) is 1.84. The van der Waals surface area contributed by atoms with Crippen LogP contribution in [-0.4, -0.2) is 16.1 Å². The summed E-state index contributed by atoms with van der Waals surface area (Å²) < 4.78 is 0. The quantitative estimate of drug-likeness (QED) is 0.873. The molecule has 0 amide bonds. The minimum absolute atomic E-state index is 0.0921. The molecule has 0 saturated heterocycles. The molecule has 1 aliphatic carbocycles. The maximum atomic E-state index is 11.2. The number of nitrogens with zero attached hydrogens (tertiary/aromatic N) is 1. The zero-order chi connectivity index (χ0) is 12.6. The van der Waals surface area contributed by atoms with E-state index in [1.54, 1.807) is 0 Å². The third-order valence-corrected chi connectivity index (χ3v) is 3.56. The van der Waals surface area contributed by atoms with Crippen molar-refractivity contribution in [2.45, 2.75) is 51.9 Å². The maximum absolute atomic E-state index is 11.2. The van der Waals surface area contributed by atoms with Crippen LogP contribution in [0.15, 0.2) is 6.07 Å². The molecule has 0 spiro atoms. The third-order valence-electron chi connectivity index (χ3n) is 3.56. The number of aromatic nitrogens is 1. The van der Waals surface area contributed by atoms with Crippen molar-refractivity contribution in [1.29, 1.82) is 0 Å². The second kappa shape index (κ2) is 4.13. The van der Waals surface area contributed by atoms with Gasteiger partial charge in [0.05, 0.1) is 11.3 Å². The molecule has 1 aromatic rings. The van der Waals surface area contributed by atoms with Crippen LogP contribution in [0.4, 0.5) is 0 Å². The molecule has 3 heteroatoms. The molecule has 0 radical (unpaired) electrons. The summed E-state index contributed by atoms with van der Waals surface area (Å²) in [7, 11) is 0. The first-order valence-corrected chi connectivity index (χ1v) is 6.22. The number of fused-ring (bicyclic) bond motifs is 1. The Kier molecular flexibility index (Phi) is 2.94. The monoisotopic (exact) mass is 233 g/mol. The Morgan fingerprint density at radius 2 is 2.24 bits per heavy atom. The summed E-state index contributed by atoms with van der Waals surface area (Å²) in [5.41, 5.74) is 3.45. The highest BCUT2D eigenvalue weighted by Gasteiger charge is 2.33. The normalized spacial score (nSPS) is 16.9.